The SMILES string of the molecule is Cc1nc(OC(C)C)c2cc(C(=O)OC(C)C)n(C)c2n1. The highest BCUT2D eigenvalue weighted by Gasteiger charge is 2.20. The van der Waals surface area contributed by atoms with Gasteiger partial charge < -0.3 is 14.0 Å². The van der Waals surface area contributed by atoms with Crippen molar-refractivity contribution < 1.29 is 14.3 Å². The zero-order valence-corrected chi connectivity index (χ0v) is 13.3. The summed E-state index contributed by atoms with van der Waals surface area (Å²) >= 11 is 0. The Hall–Kier alpha value is -2.11. The van der Waals surface area contributed by atoms with Crippen molar-refractivity contribution in [2.24, 2.45) is 7.05 Å². The van der Waals surface area contributed by atoms with Crippen molar-refractivity contribution in [2.45, 2.75) is 46.8 Å². The van der Waals surface area contributed by atoms with Gasteiger partial charge in [-0.1, -0.05) is 0 Å². The highest BCUT2D eigenvalue weighted by molar-refractivity contribution is 5.96. The quantitative estimate of drug-likeness (QED) is 0.810. The Morgan fingerprint density at radius 2 is 1.86 bits per heavy atom. The number of carbonyl (C=O) groups excluding carboxylic acids is 1. The molecule has 114 valence electrons. The topological polar surface area (TPSA) is 66.2 Å². The van der Waals surface area contributed by atoms with Crippen molar-refractivity contribution in [2.75, 3.05) is 0 Å². The number of aryl methyl sites for hydroxylation is 2. The van der Waals surface area contributed by atoms with Gasteiger partial charge in [0.2, 0.25) is 5.88 Å². The zero-order chi connectivity index (χ0) is 15.7. The van der Waals surface area contributed by atoms with E-state index < -0.39 is 0 Å². The van der Waals surface area contributed by atoms with Gasteiger partial charge in [0.15, 0.2) is 0 Å². The normalized spacial score (nSPS) is 11.4. The summed E-state index contributed by atoms with van der Waals surface area (Å²) in [6.07, 6.45) is -0.177. The minimum Gasteiger partial charge on any atom is -0.474 e. The lowest BCUT2D eigenvalue weighted by atomic mass is 10.3. The van der Waals surface area contributed by atoms with Crippen LogP contribution in [0.5, 0.6) is 5.88 Å². The van der Waals surface area contributed by atoms with Crippen LogP contribution in [-0.4, -0.2) is 32.7 Å². The van der Waals surface area contributed by atoms with Gasteiger partial charge in [-0.05, 0) is 40.7 Å². The highest BCUT2D eigenvalue weighted by atomic mass is 16.5. The molecule has 0 bridgehead atoms. The van der Waals surface area contributed by atoms with Gasteiger partial charge in [0.05, 0.1) is 17.6 Å². The van der Waals surface area contributed by atoms with Crippen LogP contribution >= 0.6 is 0 Å². The maximum absolute atomic E-state index is 12.1. The van der Waals surface area contributed by atoms with Crippen molar-refractivity contribution in [1.29, 1.82) is 0 Å². The number of carbonyl (C=O) groups is 1. The third kappa shape index (κ3) is 3.15. The van der Waals surface area contributed by atoms with E-state index in [1.54, 1.807) is 24.6 Å². The predicted octanol–water partition coefficient (Wildman–Crippen LogP) is 2.63. The summed E-state index contributed by atoms with van der Waals surface area (Å²) in [6, 6.07) is 1.72. The van der Waals surface area contributed by atoms with Crippen LogP contribution < -0.4 is 4.74 Å². The molecule has 2 aromatic heterocycles. The van der Waals surface area contributed by atoms with Crippen LogP contribution in [0, 0.1) is 6.92 Å². The fourth-order valence-corrected chi connectivity index (χ4v) is 2.05. The molecule has 0 unspecified atom stereocenters. The van der Waals surface area contributed by atoms with E-state index in [2.05, 4.69) is 9.97 Å². The number of ether oxygens (including phenoxy) is 2. The van der Waals surface area contributed by atoms with E-state index in [9.17, 15) is 4.79 Å². The third-order valence-electron chi connectivity index (χ3n) is 2.86. The van der Waals surface area contributed by atoms with Crippen LogP contribution in [-0.2, 0) is 11.8 Å². The Morgan fingerprint density at radius 1 is 1.19 bits per heavy atom. The van der Waals surface area contributed by atoms with Crippen LogP contribution in [0.25, 0.3) is 11.0 Å². The van der Waals surface area contributed by atoms with Gasteiger partial charge in [-0.3, -0.25) is 0 Å². The molecule has 0 aliphatic carbocycles. The summed E-state index contributed by atoms with van der Waals surface area (Å²) < 4.78 is 12.7. The van der Waals surface area contributed by atoms with E-state index in [0.717, 1.165) is 0 Å². The standard InChI is InChI=1S/C15H21N3O3/c1-8(2)20-14-11-7-12(15(19)21-9(3)4)18(6)13(11)16-10(5)17-14/h7-9H,1-6H3. The fourth-order valence-electron chi connectivity index (χ4n) is 2.05. The van der Waals surface area contributed by atoms with Crippen LogP contribution in [0.15, 0.2) is 6.07 Å². The first kappa shape index (κ1) is 15.3. The zero-order valence-electron chi connectivity index (χ0n) is 13.3. The van der Waals surface area contributed by atoms with E-state index in [0.29, 0.717) is 28.4 Å². The Kier molecular flexibility index (Phi) is 4.16. The van der Waals surface area contributed by atoms with Crippen molar-refractivity contribution in [1.82, 2.24) is 14.5 Å². The minimum atomic E-state index is -0.376. The molecule has 6 heteroatoms. The molecular weight excluding hydrogens is 270 g/mol. The van der Waals surface area contributed by atoms with E-state index in [1.165, 1.54) is 0 Å². The molecule has 0 N–H and O–H groups in total. The number of esters is 1. The summed E-state index contributed by atoms with van der Waals surface area (Å²) in [5.41, 5.74) is 1.10. The summed E-state index contributed by atoms with van der Waals surface area (Å²) in [6.45, 7) is 9.29. The molecule has 2 aromatic rings. The number of hydrogen-bond donors (Lipinski definition) is 0. The number of aromatic nitrogens is 3. The van der Waals surface area contributed by atoms with Crippen molar-refractivity contribution in [3.63, 3.8) is 0 Å². The Labute approximate surface area is 124 Å². The molecular formula is C15H21N3O3. The number of hydrogen-bond acceptors (Lipinski definition) is 5. The van der Waals surface area contributed by atoms with Gasteiger partial charge in [-0.15, -0.1) is 0 Å². The van der Waals surface area contributed by atoms with E-state index in [1.807, 2.05) is 27.7 Å². The molecule has 2 rings (SSSR count). The second-order valence-corrected chi connectivity index (χ2v) is 5.52. The molecule has 0 fully saturated rings. The molecule has 2 heterocycles. The highest BCUT2D eigenvalue weighted by Crippen LogP contribution is 2.26. The molecule has 0 radical (unpaired) electrons. The van der Waals surface area contributed by atoms with Gasteiger partial charge in [0, 0.05) is 7.05 Å². The summed E-state index contributed by atoms with van der Waals surface area (Å²) in [7, 11) is 1.78. The van der Waals surface area contributed by atoms with Crippen LogP contribution in [0.3, 0.4) is 0 Å². The van der Waals surface area contributed by atoms with Gasteiger partial charge in [-0.25, -0.2) is 9.78 Å². The maximum Gasteiger partial charge on any atom is 0.355 e. The summed E-state index contributed by atoms with van der Waals surface area (Å²) in [5.74, 6) is 0.716. The monoisotopic (exact) mass is 291 g/mol. The lowest BCUT2D eigenvalue weighted by molar-refractivity contribution is 0.0367. The lowest BCUT2D eigenvalue weighted by Crippen LogP contribution is -2.14. The molecule has 21 heavy (non-hydrogen) atoms. The number of rotatable bonds is 4. The Morgan fingerprint density at radius 3 is 2.43 bits per heavy atom. The Bertz CT molecular complexity index is 674. The number of nitrogens with zero attached hydrogens (tertiary/aromatic N) is 3. The smallest absolute Gasteiger partial charge is 0.355 e. The predicted molar refractivity (Wildman–Crippen MR) is 79.6 cm³/mol. The first-order valence-electron chi connectivity index (χ1n) is 7.01. The second-order valence-electron chi connectivity index (χ2n) is 5.52. The maximum atomic E-state index is 12.1. The largest absolute Gasteiger partial charge is 0.474 e. The second kappa shape index (κ2) is 5.71. The third-order valence-corrected chi connectivity index (χ3v) is 2.86. The molecule has 0 saturated carbocycles. The molecule has 6 nitrogen and oxygen atoms in total. The molecule has 0 aliphatic rings. The molecule has 0 aromatic carbocycles. The average molecular weight is 291 g/mol. The van der Waals surface area contributed by atoms with Crippen molar-refractivity contribution >= 4 is 17.0 Å². The van der Waals surface area contributed by atoms with Gasteiger partial charge >= 0.3 is 5.97 Å². The Balaban J connectivity index is 2.56. The van der Waals surface area contributed by atoms with Gasteiger partial charge in [-0.2, -0.15) is 4.98 Å². The fraction of sp³-hybridized carbons (Fsp3) is 0.533. The molecule has 0 spiro atoms. The first-order chi connectivity index (χ1) is 9.79. The first-order valence-corrected chi connectivity index (χ1v) is 7.01. The number of fused-ring (bicyclic) bond motifs is 1. The van der Waals surface area contributed by atoms with E-state index in [-0.39, 0.29) is 18.2 Å². The summed E-state index contributed by atoms with van der Waals surface area (Å²) in [4.78, 5) is 20.8. The lowest BCUT2D eigenvalue weighted by Gasteiger charge is -2.10. The molecule has 0 saturated heterocycles. The molecule has 0 amide bonds. The van der Waals surface area contributed by atoms with E-state index >= 15 is 0 Å². The minimum absolute atomic E-state index is 0.00577. The van der Waals surface area contributed by atoms with Gasteiger partial charge in [0.25, 0.3) is 0 Å². The van der Waals surface area contributed by atoms with E-state index in [4.69, 9.17) is 9.47 Å². The van der Waals surface area contributed by atoms with Crippen LogP contribution in [0.1, 0.15) is 44.0 Å². The van der Waals surface area contributed by atoms with Crippen LogP contribution in [0.2, 0.25) is 0 Å². The summed E-state index contributed by atoms with van der Waals surface area (Å²) in [5, 5.41) is 0.715. The van der Waals surface area contributed by atoms with Gasteiger partial charge in [0.1, 0.15) is 17.2 Å². The molecule has 0 atom stereocenters. The van der Waals surface area contributed by atoms with Crippen molar-refractivity contribution in [3.8, 4) is 5.88 Å². The molecule has 0 aliphatic heterocycles. The average Bonchev–Trinajstić information content (AvgIpc) is 2.66. The van der Waals surface area contributed by atoms with Crippen molar-refractivity contribution in [3.05, 3.63) is 17.6 Å². The van der Waals surface area contributed by atoms with Crippen LogP contribution in [0.4, 0.5) is 0 Å².